The maximum absolute atomic E-state index is 12.4. The maximum atomic E-state index is 12.4. The van der Waals surface area contributed by atoms with E-state index >= 15 is 0 Å². The Hall–Kier alpha value is -1.71. The van der Waals surface area contributed by atoms with Gasteiger partial charge in [0.2, 0.25) is 10.0 Å². The highest BCUT2D eigenvalue weighted by Gasteiger charge is 2.25. The van der Waals surface area contributed by atoms with Gasteiger partial charge in [-0.2, -0.15) is 4.31 Å². The van der Waals surface area contributed by atoms with Crippen LogP contribution in [0.4, 0.5) is 0 Å². The van der Waals surface area contributed by atoms with E-state index in [1.807, 2.05) is 13.8 Å². The molecule has 1 aliphatic rings. The molecule has 1 amide bonds. The zero-order valence-electron chi connectivity index (χ0n) is 16.1. The van der Waals surface area contributed by atoms with Crippen LogP contribution in [0.3, 0.4) is 0 Å². The molecule has 2 heterocycles. The highest BCUT2D eigenvalue weighted by atomic mass is 32.2. The van der Waals surface area contributed by atoms with Crippen molar-refractivity contribution in [1.82, 2.24) is 9.62 Å². The number of morpholine rings is 1. The smallest absolute Gasteiger partial charge is 0.349 e. The van der Waals surface area contributed by atoms with Crippen molar-refractivity contribution in [2.45, 2.75) is 39.5 Å². The van der Waals surface area contributed by atoms with Gasteiger partial charge in [-0.1, -0.05) is 20.3 Å². The Bertz CT molecular complexity index is 812. The number of hydrogen-bond acceptors (Lipinski definition) is 6. The van der Waals surface area contributed by atoms with E-state index in [4.69, 9.17) is 9.15 Å². The van der Waals surface area contributed by atoms with E-state index in [9.17, 15) is 18.0 Å². The van der Waals surface area contributed by atoms with E-state index in [-0.39, 0.29) is 23.8 Å². The second kappa shape index (κ2) is 9.48. The SMILES string of the molecule is CCCC(C)c1cc(C)c(C(=O)NCCS(=O)(=O)N2CCOCC2)c(=O)o1. The summed E-state index contributed by atoms with van der Waals surface area (Å²) in [6.45, 7) is 6.99. The Kier molecular flexibility index (Phi) is 7.58. The van der Waals surface area contributed by atoms with Gasteiger partial charge in [0.1, 0.15) is 11.3 Å². The molecule has 1 aliphatic heterocycles. The molecule has 0 aliphatic carbocycles. The Morgan fingerprint density at radius 1 is 1.33 bits per heavy atom. The summed E-state index contributed by atoms with van der Waals surface area (Å²) < 4.78 is 36.3. The monoisotopic (exact) mass is 400 g/mol. The van der Waals surface area contributed by atoms with E-state index in [2.05, 4.69) is 5.32 Å². The van der Waals surface area contributed by atoms with Gasteiger partial charge in [-0.05, 0) is 25.0 Å². The molecule has 1 unspecified atom stereocenters. The molecule has 0 aromatic carbocycles. The molecular weight excluding hydrogens is 372 g/mol. The summed E-state index contributed by atoms with van der Waals surface area (Å²) in [6, 6.07) is 1.71. The fourth-order valence-electron chi connectivity index (χ4n) is 3.06. The summed E-state index contributed by atoms with van der Waals surface area (Å²) in [4.78, 5) is 24.6. The van der Waals surface area contributed by atoms with Crippen LogP contribution >= 0.6 is 0 Å². The number of carbonyl (C=O) groups excluding carboxylic acids is 1. The lowest BCUT2D eigenvalue weighted by Crippen LogP contribution is -2.44. The molecule has 0 radical (unpaired) electrons. The third kappa shape index (κ3) is 5.63. The topological polar surface area (TPSA) is 106 Å². The van der Waals surface area contributed by atoms with Gasteiger partial charge >= 0.3 is 5.63 Å². The first-order valence-corrected chi connectivity index (χ1v) is 10.9. The van der Waals surface area contributed by atoms with Gasteiger partial charge in [-0.3, -0.25) is 4.79 Å². The first-order valence-electron chi connectivity index (χ1n) is 9.24. The van der Waals surface area contributed by atoms with Gasteiger partial charge in [0.15, 0.2) is 0 Å². The number of aryl methyl sites for hydroxylation is 1. The van der Waals surface area contributed by atoms with Crippen molar-refractivity contribution in [2.75, 3.05) is 38.6 Å². The van der Waals surface area contributed by atoms with Crippen molar-refractivity contribution in [1.29, 1.82) is 0 Å². The Morgan fingerprint density at radius 3 is 2.59 bits per heavy atom. The van der Waals surface area contributed by atoms with Gasteiger partial charge in [-0.15, -0.1) is 0 Å². The van der Waals surface area contributed by atoms with Crippen molar-refractivity contribution >= 4 is 15.9 Å². The molecular formula is C18H28N2O6S. The molecule has 1 atom stereocenters. The molecule has 27 heavy (non-hydrogen) atoms. The molecule has 9 heteroatoms. The molecule has 1 aromatic rings. The molecule has 1 aromatic heterocycles. The van der Waals surface area contributed by atoms with Gasteiger partial charge in [0.25, 0.3) is 5.91 Å². The molecule has 0 spiro atoms. The fraction of sp³-hybridized carbons (Fsp3) is 0.667. The van der Waals surface area contributed by atoms with Crippen LogP contribution in [0.1, 0.15) is 54.3 Å². The van der Waals surface area contributed by atoms with Crippen LogP contribution in [0, 0.1) is 6.92 Å². The lowest BCUT2D eigenvalue weighted by atomic mass is 10.0. The molecule has 1 saturated heterocycles. The quantitative estimate of drug-likeness (QED) is 0.704. The van der Waals surface area contributed by atoms with Crippen molar-refractivity contribution in [3.05, 3.63) is 33.4 Å². The first kappa shape index (κ1) is 21.6. The second-order valence-electron chi connectivity index (χ2n) is 6.77. The van der Waals surface area contributed by atoms with Crippen LogP contribution in [0.2, 0.25) is 0 Å². The number of sulfonamides is 1. The highest BCUT2D eigenvalue weighted by Crippen LogP contribution is 2.21. The molecule has 0 bridgehead atoms. The summed E-state index contributed by atoms with van der Waals surface area (Å²) in [5, 5.41) is 2.51. The minimum atomic E-state index is -3.47. The van der Waals surface area contributed by atoms with E-state index in [1.54, 1.807) is 13.0 Å². The Balaban J connectivity index is 2.00. The van der Waals surface area contributed by atoms with Gasteiger partial charge in [0, 0.05) is 25.6 Å². The maximum Gasteiger partial charge on any atom is 0.349 e. The average molecular weight is 400 g/mol. The zero-order valence-corrected chi connectivity index (χ0v) is 16.9. The zero-order chi connectivity index (χ0) is 20.0. The van der Waals surface area contributed by atoms with E-state index in [0.717, 1.165) is 12.8 Å². The number of ether oxygens (including phenoxy) is 1. The Labute approximate surface area is 159 Å². The Morgan fingerprint density at radius 2 is 2.00 bits per heavy atom. The predicted octanol–water partition coefficient (Wildman–Crippen LogP) is 1.24. The van der Waals surface area contributed by atoms with Crippen LogP contribution < -0.4 is 10.9 Å². The van der Waals surface area contributed by atoms with E-state index < -0.39 is 21.6 Å². The molecule has 1 fully saturated rings. The summed E-state index contributed by atoms with van der Waals surface area (Å²) in [5.41, 5.74) is -0.245. The molecule has 8 nitrogen and oxygen atoms in total. The highest BCUT2D eigenvalue weighted by molar-refractivity contribution is 7.89. The predicted molar refractivity (Wildman–Crippen MR) is 102 cm³/mol. The van der Waals surface area contributed by atoms with Crippen molar-refractivity contribution < 1.29 is 22.4 Å². The molecule has 152 valence electrons. The van der Waals surface area contributed by atoms with Gasteiger partial charge in [0.05, 0.1) is 19.0 Å². The lowest BCUT2D eigenvalue weighted by Gasteiger charge is -2.26. The third-order valence-corrected chi connectivity index (χ3v) is 6.48. The van der Waals surface area contributed by atoms with Crippen molar-refractivity contribution in [3.8, 4) is 0 Å². The third-order valence-electron chi connectivity index (χ3n) is 4.61. The summed E-state index contributed by atoms with van der Waals surface area (Å²) in [7, 11) is -3.47. The first-order chi connectivity index (χ1) is 12.8. The number of amides is 1. The van der Waals surface area contributed by atoms with Crippen LogP contribution in [-0.4, -0.2) is 57.2 Å². The minimum absolute atomic E-state index is 0.0776. The fourth-order valence-corrected chi connectivity index (χ4v) is 4.38. The molecule has 1 N–H and O–H groups in total. The van der Waals surface area contributed by atoms with Gasteiger partial charge < -0.3 is 14.5 Å². The summed E-state index contributed by atoms with van der Waals surface area (Å²) in [6.07, 6.45) is 1.84. The lowest BCUT2D eigenvalue weighted by molar-refractivity contribution is 0.0730. The number of rotatable bonds is 8. The number of nitrogens with zero attached hydrogens (tertiary/aromatic N) is 1. The van der Waals surface area contributed by atoms with Crippen LogP contribution in [0.15, 0.2) is 15.3 Å². The second-order valence-corrected chi connectivity index (χ2v) is 8.86. The van der Waals surface area contributed by atoms with Gasteiger partial charge in [-0.25, -0.2) is 13.2 Å². The van der Waals surface area contributed by atoms with Crippen LogP contribution in [0.5, 0.6) is 0 Å². The standard InChI is InChI=1S/C18H28N2O6S/c1-4-5-13(2)15-12-14(3)16(18(22)26-15)17(21)19-6-11-27(23,24)20-7-9-25-10-8-20/h12-13H,4-11H2,1-3H3,(H,19,21). The van der Waals surface area contributed by atoms with Crippen molar-refractivity contribution in [2.24, 2.45) is 0 Å². The van der Waals surface area contributed by atoms with E-state index in [0.29, 0.717) is 37.6 Å². The van der Waals surface area contributed by atoms with E-state index in [1.165, 1.54) is 4.31 Å². The number of nitrogens with one attached hydrogen (secondary N) is 1. The summed E-state index contributed by atoms with van der Waals surface area (Å²) >= 11 is 0. The largest absolute Gasteiger partial charge is 0.427 e. The molecule has 0 saturated carbocycles. The van der Waals surface area contributed by atoms with Crippen LogP contribution in [-0.2, 0) is 14.8 Å². The number of carbonyl (C=O) groups is 1. The van der Waals surface area contributed by atoms with Crippen molar-refractivity contribution in [3.63, 3.8) is 0 Å². The summed E-state index contributed by atoms with van der Waals surface area (Å²) in [5.74, 6) is -0.189. The normalized spacial score (nSPS) is 16.9. The van der Waals surface area contributed by atoms with Crippen LogP contribution in [0.25, 0.3) is 0 Å². The average Bonchev–Trinajstić information content (AvgIpc) is 2.62. The molecule has 2 rings (SSSR count). The minimum Gasteiger partial charge on any atom is -0.427 e. The number of hydrogen-bond donors (Lipinski definition) is 1.